The van der Waals surface area contributed by atoms with Gasteiger partial charge in [0.15, 0.2) is 5.79 Å². The molecular weight excluding hydrogens is 360 g/mol. The maximum atomic E-state index is 11.9. The Morgan fingerprint density at radius 1 is 0.931 bits per heavy atom. The third kappa shape index (κ3) is 2.79. The molecule has 0 aromatic heterocycles. The minimum Gasteiger partial charge on any atom is -0.389 e. The first kappa shape index (κ1) is 20.5. The summed E-state index contributed by atoms with van der Waals surface area (Å²) in [5.41, 5.74) is -0.262. The Morgan fingerprint density at radius 3 is 2.38 bits per heavy atom. The fourth-order valence-corrected chi connectivity index (χ4v) is 8.75. The number of rotatable bonds is 3. The monoisotopic (exact) mass is 401 g/mol. The highest BCUT2D eigenvalue weighted by Crippen LogP contribution is 2.70. The fourth-order valence-electron chi connectivity index (χ4n) is 8.75. The van der Waals surface area contributed by atoms with E-state index in [2.05, 4.69) is 32.9 Å². The van der Waals surface area contributed by atoms with Crippen molar-refractivity contribution < 1.29 is 14.6 Å². The number of unbranched alkanes of at least 4 members (excludes halogenated alkanes) is 1. The summed E-state index contributed by atoms with van der Waals surface area (Å²) in [6.07, 6.45) is 16.9. The van der Waals surface area contributed by atoms with E-state index < -0.39 is 5.60 Å². The number of aliphatic hydroxyl groups is 1. The van der Waals surface area contributed by atoms with Crippen molar-refractivity contribution in [3.05, 3.63) is 19.1 Å². The summed E-state index contributed by atoms with van der Waals surface area (Å²) in [4.78, 5) is 0. The molecule has 4 aliphatic carbocycles. The van der Waals surface area contributed by atoms with Crippen LogP contribution in [0.1, 0.15) is 84.5 Å². The van der Waals surface area contributed by atoms with Gasteiger partial charge < -0.3 is 14.6 Å². The summed E-state index contributed by atoms with van der Waals surface area (Å²) in [6.45, 7) is 10.4. The van der Waals surface area contributed by atoms with Crippen LogP contribution in [0.15, 0.2) is 12.2 Å². The fraction of sp³-hybridized carbons (Fsp3) is 0.885. The van der Waals surface area contributed by atoms with Crippen LogP contribution in [0.3, 0.4) is 0 Å². The second-order valence-electron chi connectivity index (χ2n) is 11.4. The molecule has 1 spiro atoms. The van der Waals surface area contributed by atoms with Crippen LogP contribution in [-0.4, -0.2) is 29.7 Å². The molecule has 0 aromatic carbocycles. The van der Waals surface area contributed by atoms with Crippen LogP contribution in [0.4, 0.5) is 0 Å². The van der Waals surface area contributed by atoms with Crippen LogP contribution in [0.2, 0.25) is 0 Å². The van der Waals surface area contributed by atoms with Crippen LogP contribution < -0.4 is 0 Å². The lowest BCUT2D eigenvalue weighted by molar-refractivity contribution is -0.260. The molecule has 0 bridgehead atoms. The summed E-state index contributed by atoms with van der Waals surface area (Å²) in [6, 6.07) is 0. The molecule has 5 aliphatic rings. The van der Waals surface area contributed by atoms with E-state index in [1.165, 1.54) is 38.5 Å². The normalized spacial score (nSPS) is 51.2. The lowest BCUT2D eigenvalue weighted by Crippen LogP contribution is -2.63. The lowest BCUT2D eigenvalue weighted by Gasteiger charge is -2.64. The molecule has 1 aliphatic heterocycles. The second kappa shape index (κ2) is 7.07. The highest BCUT2D eigenvalue weighted by Gasteiger charge is 2.69. The average molecular weight is 402 g/mol. The van der Waals surface area contributed by atoms with E-state index in [4.69, 9.17) is 9.47 Å². The van der Waals surface area contributed by atoms with Crippen LogP contribution in [0.25, 0.3) is 0 Å². The van der Waals surface area contributed by atoms with Crippen molar-refractivity contribution in [1.82, 2.24) is 0 Å². The quantitative estimate of drug-likeness (QED) is 0.619. The zero-order chi connectivity index (χ0) is 20.3. The molecule has 0 aromatic rings. The van der Waals surface area contributed by atoms with Crippen LogP contribution in [0, 0.1) is 41.4 Å². The molecule has 7 atom stereocenters. The van der Waals surface area contributed by atoms with Crippen LogP contribution in [-0.2, 0) is 9.47 Å². The molecule has 3 heteroatoms. The third-order valence-corrected chi connectivity index (χ3v) is 10.4. The summed E-state index contributed by atoms with van der Waals surface area (Å²) in [5, 5.41) is 11.9. The summed E-state index contributed by atoms with van der Waals surface area (Å²) >= 11 is 0. The molecule has 3 unspecified atom stereocenters. The first-order valence-electron chi connectivity index (χ1n) is 12.3. The Morgan fingerprint density at radius 2 is 1.62 bits per heavy atom. The van der Waals surface area contributed by atoms with Crippen molar-refractivity contribution in [2.75, 3.05) is 13.2 Å². The van der Waals surface area contributed by atoms with E-state index in [9.17, 15) is 5.11 Å². The van der Waals surface area contributed by atoms with Gasteiger partial charge in [-0.2, -0.15) is 0 Å². The standard InChI is InChI=1S/C26H41O3/c1-4-5-6-7-19-8-12-23(2)21-10-13-24(3)22(11-15-26(24)28-16-17-29-26)20(21)9-14-25(23,27)18-19/h6-7,19-22,27H,1,4-5,8-18H2,2-3H3/b7-6-/t19-,20?,21?,22?,23-,24+,25-/m1/s1. The highest BCUT2D eigenvalue weighted by molar-refractivity contribution is 5.17. The molecule has 0 amide bonds. The Labute approximate surface area is 177 Å². The largest absolute Gasteiger partial charge is 0.389 e. The van der Waals surface area contributed by atoms with Gasteiger partial charge in [-0.15, -0.1) is 0 Å². The molecule has 1 N–H and O–H groups in total. The minimum atomic E-state index is -0.490. The van der Waals surface area contributed by atoms with Crippen LogP contribution >= 0.6 is 0 Å². The zero-order valence-electron chi connectivity index (χ0n) is 18.6. The van der Waals surface area contributed by atoms with Gasteiger partial charge in [0.1, 0.15) is 0 Å². The maximum Gasteiger partial charge on any atom is 0.174 e. The van der Waals surface area contributed by atoms with Crippen molar-refractivity contribution in [2.24, 2.45) is 34.5 Å². The SMILES string of the molecule is [CH2]CC/C=C\[C@@H]1CC[C@]2(C)C3CC[C@@]4(C)C(CCC45OCCO5)C3CC[C@@]2(O)C1. The van der Waals surface area contributed by atoms with Gasteiger partial charge in [0.05, 0.1) is 18.8 Å². The topological polar surface area (TPSA) is 38.7 Å². The molecule has 5 rings (SSSR count). The molecule has 1 saturated heterocycles. The summed E-state index contributed by atoms with van der Waals surface area (Å²) in [7, 11) is 0. The Balaban J connectivity index is 1.38. The predicted octanol–water partition coefficient (Wildman–Crippen LogP) is 5.67. The van der Waals surface area contributed by atoms with Crippen molar-refractivity contribution >= 4 is 0 Å². The molecule has 29 heavy (non-hydrogen) atoms. The van der Waals surface area contributed by atoms with Gasteiger partial charge in [-0.05, 0) is 93.3 Å². The molecular formula is C26H41O3. The van der Waals surface area contributed by atoms with E-state index in [-0.39, 0.29) is 16.6 Å². The average Bonchev–Trinajstić information content (AvgIpc) is 3.29. The highest BCUT2D eigenvalue weighted by atomic mass is 16.7. The Kier molecular flexibility index (Phi) is 5.00. The van der Waals surface area contributed by atoms with Gasteiger partial charge >= 0.3 is 0 Å². The molecule has 163 valence electrons. The molecule has 3 nitrogen and oxygen atoms in total. The van der Waals surface area contributed by atoms with Crippen molar-refractivity contribution in [3.63, 3.8) is 0 Å². The minimum absolute atomic E-state index is 0.0705. The number of ether oxygens (including phenoxy) is 2. The molecule has 1 radical (unpaired) electrons. The first-order chi connectivity index (χ1) is 13.9. The first-order valence-corrected chi connectivity index (χ1v) is 12.3. The van der Waals surface area contributed by atoms with Crippen LogP contribution in [0.5, 0.6) is 0 Å². The Hall–Kier alpha value is -0.380. The second-order valence-corrected chi connectivity index (χ2v) is 11.4. The number of fused-ring (bicyclic) bond motifs is 6. The number of hydrogen-bond donors (Lipinski definition) is 1. The third-order valence-electron chi connectivity index (χ3n) is 10.4. The van der Waals surface area contributed by atoms with Gasteiger partial charge in [0.25, 0.3) is 0 Å². The van der Waals surface area contributed by atoms with Crippen molar-refractivity contribution in [1.29, 1.82) is 0 Å². The maximum absolute atomic E-state index is 11.9. The molecule has 5 fully saturated rings. The molecule has 1 heterocycles. The Bertz CT molecular complexity index is 652. The van der Waals surface area contributed by atoms with Gasteiger partial charge in [-0.25, -0.2) is 0 Å². The lowest BCUT2D eigenvalue weighted by atomic mass is 9.43. The van der Waals surface area contributed by atoms with Gasteiger partial charge in [-0.1, -0.05) is 32.9 Å². The van der Waals surface area contributed by atoms with Crippen molar-refractivity contribution in [3.8, 4) is 0 Å². The van der Waals surface area contributed by atoms with Crippen molar-refractivity contribution in [2.45, 2.75) is 95.9 Å². The number of hydrogen-bond acceptors (Lipinski definition) is 3. The van der Waals surface area contributed by atoms with Gasteiger partial charge in [0, 0.05) is 11.8 Å². The predicted molar refractivity (Wildman–Crippen MR) is 115 cm³/mol. The summed E-state index contributed by atoms with van der Waals surface area (Å²) in [5.74, 6) is 2.30. The molecule has 4 saturated carbocycles. The number of allylic oxidation sites excluding steroid dienone is 2. The zero-order valence-corrected chi connectivity index (χ0v) is 18.6. The smallest absolute Gasteiger partial charge is 0.174 e. The van der Waals surface area contributed by atoms with Gasteiger partial charge in [-0.3, -0.25) is 0 Å². The van der Waals surface area contributed by atoms with Gasteiger partial charge in [0.2, 0.25) is 0 Å². The van der Waals surface area contributed by atoms with E-state index in [1.807, 2.05) is 0 Å². The summed E-state index contributed by atoms with van der Waals surface area (Å²) < 4.78 is 12.6. The van der Waals surface area contributed by atoms with E-state index >= 15 is 0 Å². The van der Waals surface area contributed by atoms with E-state index in [1.54, 1.807) is 0 Å². The van der Waals surface area contributed by atoms with E-state index in [0.717, 1.165) is 51.2 Å². The van der Waals surface area contributed by atoms with E-state index in [0.29, 0.717) is 17.8 Å².